The first-order valence-electron chi connectivity index (χ1n) is 8.50. The molecule has 1 atom stereocenters. The number of halogens is 1. The van der Waals surface area contributed by atoms with Crippen molar-refractivity contribution in [2.24, 2.45) is 4.99 Å². The third-order valence-corrected chi connectivity index (χ3v) is 4.80. The molecule has 4 nitrogen and oxygen atoms in total. The Kier molecular flexibility index (Phi) is 10.8. The lowest BCUT2D eigenvalue weighted by molar-refractivity contribution is 0.105. The van der Waals surface area contributed by atoms with Gasteiger partial charge >= 0.3 is 0 Å². The van der Waals surface area contributed by atoms with Crippen molar-refractivity contribution in [3.8, 4) is 0 Å². The molecule has 24 heavy (non-hydrogen) atoms. The van der Waals surface area contributed by atoms with Crippen LogP contribution in [0.3, 0.4) is 0 Å². The van der Waals surface area contributed by atoms with Gasteiger partial charge in [0.15, 0.2) is 5.96 Å². The molecule has 1 aliphatic heterocycles. The molecule has 136 valence electrons. The summed E-state index contributed by atoms with van der Waals surface area (Å²) in [5, 5.41) is 6.74. The summed E-state index contributed by atoms with van der Waals surface area (Å²) in [6, 6.07) is 6.57. The zero-order valence-electron chi connectivity index (χ0n) is 14.9. The quantitative estimate of drug-likeness (QED) is 0.278. The second kappa shape index (κ2) is 12.0. The lowest BCUT2D eigenvalue weighted by atomic mass is 10.1. The van der Waals surface area contributed by atoms with Crippen LogP contribution in [0.2, 0.25) is 0 Å². The van der Waals surface area contributed by atoms with E-state index in [-0.39, 0.29) is 24.0 Å². The van der Waals surface area contributed by atoms with E-state index in [2.05, 4.69) is 48.9 Å². The summed E-state index contributed by atoms with van der Waals surface area (Å²) < 4.78 is 5.66. The van der Waals surface area contributed by atoms with Gasteiger partial charge in [0, 0.05) is 24.6 Å². The Morgan fingerprint density at radius 3 is 2.88 bits per heavy atom. The van der Waals surface area contributed by atoms with Gasteiger partial charge in [-0.2, -0.15) is 0 Å². The maximum Gasteiger partial charge on any atom is 0.191 e. The summed E-state index contributed by atoms with van der Waals surface area (Å²) in [4.78, 5) is 6.04. The second-order valence-corrected chi connectivity index (χ2v) is 6.71. The molecule has 0 amide bonds. The molecule has 0 saturated carbocycles. The van der Waals surface area contributed by atoms with E-state index in [1.165, 1.54) is 28.9 Å². The number of nitrogens with one attached hydrogen (secondary N) is 2. The number of guanidine groups is 1. The number of hydrogen-bond acceptors (Lipinski definition) is 3. The number of nitrogens with zero attached hydrogens (tertiary/aromatic N) is 1. The van der Waals surface area contributed by atoms with Gasteiger partial charge in [-0.1, -0.05) is 12.1 Å². The Morgan fingerprint density at radius 2 is 2.21 bits per heavy atom. The second-order valence-electron chi connectivity index (χ2n) is 5.86. The van der Waals surface area contributed by atoms with E-state index in [1.807, 2.05) is 0 Å². The highest BCUT2D eigenvalue weighted by Crippen LogP contribution is 2.22. The molecule has 0 aromatic heterocycles. The molecular weight excluding hydrogens is 433 g/mol. The fraction of sp³-hybridized carbons (Fsp3) is 0.611. The zero-order valence-corrected chi connectivity index (χ0v) is 18.1. The molecule has 0 aliphatic carbocycles. The minimum atomic E-state index is 0. The Hall–Kier alpha value is -0.470. The highest BCUT2D eigenvalue weighted by atomic mass is 127. The van der Waals surface area contributed by atoms with Crippen LogP contribution in [0.25, 0.3) is 0 Å². The summed E-state index contributed by atoms with van der Waals surface area (Å²) in [7, 11) is 0. The van der Waals surface area contributed by atoms with Gasteiger partial charge in [-0.25, -0.2) is 4.99 Å². The van der Waals surface area contributed by atoms with Gasteiger partial charge in [0.2, 0.25) is 0 Å². The normalized spacial score (nSPS) is 17.5. The molecule has 1 saturated heterocycles. The van der Waals surface area contributed by atoms with E-state index in [0.29, 0.717) is 12.6 Å². The van der Waals surface area contributed by atoms with Crippen molar-refractivity contribution < 1.29 is 4.74 Å². The molecular formula is C18H30IN3OS. The SMILES string of the molecule is CCNC(=NCc1ccc(C)cc1SC)NCCC1CCCO1.I. The van der Waals surface area contributed by atoms with Gasteiger partial charge < -0.3 is 15.4 Å². The standard InChI is InChI=1S/C18H29N3OS.HI/c1-4-19-18(20-10-9-16-6-5-11-22-16)21-13-15-8-7-14(2)12-17(15)23-3;/h7-8,12,16H,4-6,9-11,13H2,1-3H3,(H2,19,20,21);1H. The Bertz CT molecular complexity index is 519. The van der Waals surface area contributed by atoms with E-state index < -0.39 is 0 Å². The first-order valence-corrected chi connectivity index (χ1v) is 9.72. The largest absolute Gasteiger partial charge is 0.378 e. The lowest BCUT2D eigenvalue weighted by Crippen LogP contribution is -2.38. The summed E-state index contributed by atoms with van der Waals surface area (Å²) in [6.07, 6.45) is 5.97. The fourth-order valence-corrected chi connectivity index (χ4v) is 3.41. The van der Waals surface area contributed by atoms with Crippen LogP contribution in [0.5, 0.6) is 0 Å². The van der Waals surface area contributed by atoms with Crippen molar-refractivity contribution in [3.05, 3.63) is 29.3 Å². The Labute approximate surface area is 167 Å². The number of aryl methyl sites for hydroxylation is 1. The number of aliphatic imine (C=N–C) groups is 1. The molecule has 0 radical (unpaired) electrons. The van der Waals surface area contributed by atoms with Gasteiger partial charge in [0.1, 0.15) is 0 Å². The van der Waals surface area contributed by atoms with Crippen molar-refractivity contribution in [1.82, 2.24) is 10.6 Å². The van der Waals surface area contributed by atoms with Crippen LogP contribution < -0.4 is 10.6 Å². The molecule has 1 aromatic carbocycles. The molecule has 2 N–H and O–H groups in total. The van der Waals surface area contributed by atoms with Crippen molar-refractivity contribution in [2.45, 2.75) is 50.7 Å². The molecule has 6 heteroatoms. The topological polar surface area (TPSA) is 45.7 Å². The van der Waals surface area contributed by atoms with Crippen molar-refractivity contribution in [1.29, 1.82) is 0 Å². The number of thioether (sulfide) groups is 1. The summed E-state index contributed by atoms with van der Waals surface area (Å²) in [5.41, 5.74) is 2.57. The van der Waals surface area contributed by atoms with E-state index in [0.717, 1.165) is 32.1 Å². The van der Waals surface area contributed by atoms with Gasteiger partial charge in [0.25, 0.3) is 0 Å². The van der Waals surface area contributed by atoms with Crippen molar-refractivity contribution in [3.63, 3.8) is 0 Å². The smallest absolute Gasteiger partial charge is 0.191 e. The predicted octanol–water partition coefficient (Wildman–Crippen LogP) is 3.96. The van der Waals surface area contributed by atoms with Crippen LogP contribution in [-0.4, -0.2) is 38.0 Å². The van der Waals surface area contributed by atoms with Gasteiger partial charge in [-0.3, -0.25) is 0 Å². The van der Waals surface area contributed by atoms with E-state index in [9.17, 15) is 0 Å². The number of rotatable bonds is 7. The Morgan fingerprint density at radius 1 is 1.38 bits per heavy atom. The highest BCUT2D eigenvalue weighted by Gasteiger charge is 2.14. The third kappa shape index (κ3) is 7.19. The summed E-state index contributed by atoms with van der Waals surface area (Å²) in [6.45, 7) is 7.62. The maximum atomic E-state index is 5.66. The van der Waals surface area contributed by atoms with Gasteiger partial charge in [-0.15, -0.1) is 35.7 Å². The van der Waals surface area contributed by atoms with Crippen molar-refractivity contribution in [2.75, 3.05) is 26.0 Å². The fourth-order valence-electron chi connectivity index (χ4n) is 2.71. The van der Waals surface area contributed by atoms with Crippen LogP contribution in [0.15, 0.2) is 28.1 Å². The molecule has 0 spiro atoms. The van der Waals surface area contributed by atoms with E-state index in [1.54, 1.807) is 11.8 Å². The average molecular weight is 463 g/mol. The van der Waals surface area contributed by atoms with E-state index >= 15 is 0 Å². The first kappa shape index (κ1) is 21.6. The molecule has 1 unspecified atom stereocenters. The minimum Gasteiger partial charge on any atom is -0.378 e. The van der Waals surface area contributed by atoms with Crippen LogP contribution in [0.1, 0.15) is 37.3 Å². The first-order chi connectivity index (χ1) is 11.2. The molecule has 1 heterocycles. The predicted molar refractivity (Wildman–Crippen MR) is 115 cm³/mol. The molecule has 0 bridgehead atoms. The minimum absolute atomic E-state index is 0. The van der Waals surface area contributed by atoms with Crippen molar-refractivity contribution >= 4 is 41.7 Å². The molecule has 2 rings (SSSR count). The molecule has 1 fully saturated rings. The number of ether oxygens (including phenoxy) is 1. The maximum absolute atomic E-state index is 5.66. The van der Waals surface area contributed by atoms with Crippen LogP contribution in [0.4, 0.5) is 0 Å². The van der Waals surface area contributed by atoms with Gasteiger partial charge in [0.05, 0.1) is 12.6 Å². The number of hydrogen-bond donors (Lipinski definition) is 2. The molecule has 1 aliphatic rings. The number of benzene rings is 1. The zero-order chi connectivity index (χ0) is 16.5. The average Bonchev–Trinajstić information content (AvgIpc) is 3.06. The van der Waals surface area contributed by atoms with Crippen LogP contribution in [0, 0.1) is 6.92 Å². The Balaban J connectivity index is 0.00000288. The summed E-state index contributed by atoms with van der Waals surface area (Å²) >= 11 is 1.78. The highest BCUT2D eigenvalue weighted by molar-refractivity contribution is 14.0. The van der Waals surface area contributed by atoms with E-state index in [4.69, 9.17) is 9.73 Å². The van der Waals surface area contributed by atoms with Gasteiger partial charge in [-0.05, 0) is 56.6 Å². The summed E-state index contributed by atoms with van der Waals surface area (Å²) in [5.74, 6) is 0.887. The lowest BCUT2D eigenvalue weighted by Gasteiger charge is -2.14. The van der Waals surface area contributed by atoms with Crippen LogP contribution >= 0.6 is 35.7 Å². The third-order valence-electron chi connectivity index (χ3n) is 3.98. The monoisotopic (exact) mass is 463 g/mol. The molecule has 1 aromatic rings. The van der Waals surface area contributed by atoms with Crippen LogP contribution in [-0.2, 0) is 11.3 Å².